The summed E-state index contributed by atoms with van der Waals surface area (Å²) in [5, 5.41) is -0.430. The molecular formula is C11H4Cl3N4O2. The predicted molar refractivity (Wildman–Crippen MR) is 72.1 cm³/mol. The molecule has 1 radical (unpaired) electrons. The summed E-state index contributed by atoms with van der Waals surface area (Å²) < 4.78 is 0. The summed E-state index contributed by atoms with van der Waals surface area (Å²) in [5.74, 6) is -0.669. The molecule has 2 aromatic rings. The average Bonchev–Trinajstić information content (AvgIpc) is 2.37. The molecule has 0 aliphatic carbocycles. The first-order valence-electron chi connectivity index (χ1n) is 5.09. The number of aryl methyl sites for hydroxylation is 1. The Kier molecular flexibility index (Phi) is 4.27. The second kappa shape index (κ2) is 5.78. The van der Waals surface area contributed by atoms with E-state index >= 15 is 0 Å². The number of ketones is 1. The minimum absolute atomic E-state index is 0.0540. The van der Waals surface area contributed by atoms with Crippen molar-refractivity contribution in [3.63, 3.8) is 0 Å². The molecule has 2 aromatic heterocycles. The molecular weight excluding hydrogens is 327 g/mol. The molecule has 0 fully saturated rings. The molecule has 9 heteroatoms. The van der Waals surface area contributed by atoms with Crippen molar-refractivity contribution in [3.8, 4) is 0 Å². The number of rotatable bonds is 3. The Morgan fingerprint density at radius 3 is 2.45 bits per heavy atom. The van der Waals surface area contributed by atoms with Crippen LogP contribution in [0.25, 0.3) is 0 Å². The Morgan fingerprint density at radius 2 is 1.85 bits per heavy atom. The number of carbonyl (C=O) groups excluding carboxylic acids is 2. The Balaban J connectivity index is 2.61. The van der Waals surface area contributed by atoms with Gasteiger partial charge in [-0.2, -0.15) is 0 Å². The van der Waals surface area contributed by atoms with Crippen molar-refractivity contribution >= 4 is 46.9 Å². The quantitative estimate of drug-likeness (QED) is 0.487. The number of hydrogen-bond donors (Lipinski definition) is 0. The van der Waals surface area contributed by atoms with Gasteiger partial charge in [0.1, 0.15) is 10.8 Å². The van der Waals surface area contributed by atoms with Gasteiger partial charge in [0.15, 0.2) is 0 Å². The van der Waals surface area contributed by atoms with Crippen LogP contribution in [0.3, 0.4) is 0 Å². The van der Waals surface area contributed by atoms with E-state index in [0.29, 0.717) is 0 Å². The maximum atomic E-state index is 12.3. The normalized spacial score (nSPS) is 10.4. The van der Waals surface area contributed by atoms with Gasteiger partial charge >= 0.3 is 0 Å². The third-order valence-corrected chi connectivity index (χ3v) is 2.98. The van der Waals surface area contributed by atoms with E-state index in [1.165, 1.54) is 6.92 Å². The fraction of sp³-hybridized carbons (Fsp3) is 0.0909. The molecule has 0 aromatic carbocycles. The minimum atomic E-state index is -0.669. The lowest BCUT2D eigenvalue weighted by molar-refractivity contribution is 0.103. The first-order valence-corrected chi connectivity index (χ1v) is 6.22. The van der Waals surface area contributed by atoms with Gasteiger partial charge in [-0.15, -0.1) is 0 Å². The molecule has 0 N–H and O–H groups in total. The van der Waals surface area contributed by atoms with Gasteiger partial charge in [0.25, 0.3) is 0 Å². The van der Waals surface area contributed by atoms with Crippen LogP contribution in [0.15, 0.2) is 6.20 Å². The van der Waals surface area contributed by atoms with Gasteiger partial charge < -0.3 is 0 Å². The fourth-order valence-corrected chi connectivity index (χ4v) is 2.05. The molecule has 0 saturated heterocycles. The van der Waals surface area contributed by atoms with Crippen LogP contribution in [0.4, 0.5) is 0 Å². The van der Waals surface area contributed by atoms with Crippen LogP contribution in [0.1, 0.15) is 27.3 Å². The first kappa shape index (κ1) is 14.8. The molecule has 20 heavy (non-hydrogen) atoms. The van der Waals surface area contributed by atoms with Crippen LogP contribution in [-0.4, -0.2) is 32.0 Å². The lowest BCUT2D eigenvalue weighted by Gasteiger charge is -2.06. The molecule has 101 valence electrons. The van der Waals surface area contributed by atoms with Crippen LogP contribution in [-0.2, 0) is 4.79 Å². The molecule has 2 rings (SSSR count). The van der Waals surface area contributed by atoms with E-state index in [4.69, 9.17) is 34.8 Å². The summed E-state index contributed by atoms with van der Waals surface area (Å²) in [6.07, 6.45) is 2.75. The third-order valence-electron chi connectivity index (χ3n) is 2.34. The molecule has 0 aliphatic heterocycles. The smallest absolute Gasteiger partial charge is 0.237 e. The molecule has 0 spiro atoms. The van der Waals surface area contributed by atoms with Crippen LogP contribution >= 0.6 is 34.8 Å². The van der Waals surface area contributed by atoms with E-state index in [-0.39, 0.29) is 38.2 Å². The maximum absolute atomic E-state index is 12.3. The highest BCUT2D eigenvalue weighted by Crippen LogP contribution is 2.20. The van der Waals surface area contributed by atoms with E-state index in [2.05, 4.69) is 19.9 Å². The number of carbonyl (C=O) groups is 1. The zero-order valence-electron chi connectivity index (χ0n) is 9.82. The summed E-state index contributed by atoms with van der Waals surface area (Å²) in [6.45, 7) is 1.50. The minimum Gasteiger partial charge on any atom is -0.287 e. The number of nitrogens with zero attached hydrogens (tertiary/aromatic N) is 4. The number of hydrogen-bond acceptors (Lipinski definition) is 6. The highest BCUT2D eigenvalue weighted by molar-refractivity contribution is 6.35. The van der Waals surface area contributed by atoms with E-state index in [9.17, 15) is 9.59 Å². The van der Waals surface area contributed by atoms with Gasteiger partial charge in [0.05, 0.1) is 16.8 Å². The molecule has 0 atom stereocenters. The fourth-order valence-electron chi connectivity index (χ4n) is 1.45. The highest BCUT2D eigenvalue weighted by Gasteiger charge is 2.22. The van der Waals surface area contributed by atoms with Gasteiger partial charge in [-0.05, 0) is 30.1 Å². The molecule has 2 heterocycles. The third kappa shape index (κ3) is 2.77. The molecule has 0 aliphatic rings. The monoisotopic (exact) mass is 329 g/mol. The van der Waals surface area contributed by atoms with Gasteiger partial charge in [-0.1, -0.05) is 11.6 Å². The topological polar surface area (TPSA) is 85.7 Å². The second-order valence-electron chi connectivity index (χ2n) is 3.58. The summed E-state index contributed by atoms with van der Waals surface area (Å²) >= 11 is 17.1. The predicted octanol–water partition coefficient (Wildman–Crippen LogP) is 2.22. The molecule has 0 unspecified atom stereocenters. The van der Waals surface area contributed by atoms with Gasteiger partial charge in [-0.3, -0.25) is 9.59 Å². The van der Waals surface area contributed by atoms with Crippen LogP contribution in [0.5, 0.6) is 0 Å². The van der Waals surface area contributed by atoms with Crippen molar-refractivity contribution in [1.82, 2.24) is 19.9 Å². The standard InChI is InChI=1S/C11H4Cl3N4O2/c1-4-6(3-19)7(17-11(14)16-4)8(20)5-2-15-10(13)18-9(5)12/h2H,1H3. The van der Waals surface area contributed by atoms with E-state index in [0.717, 1.165) is 6.20 Å². The summed E-state index contributed by atoms with van der Waals surface area (Å²) in [5.41, 5.74) is -0.133. The second-order valence-corrected chi connectivity index (χ2v) is 4.61. The van der Waals surface area contributed by atoms with Gasteiger partial charge in [-0.25, -0.2) is 19.9 Å². The number of halogens is 3. The molecule has 0 saturated carbocycles. The van der Waals surface area contributed by atoms with Crippen molar-refractivity contribution in [2.45, 2.75) is 6.92 Å². The Bertz CT molecular complexity index is 721. The van der Waals surface area contributed by atoms with Crippen molar-refractivity contribution in [2.75, 3.05) is 0 Å². The van der Waals surface area contributed by atoms with Crippen molar-refractivity contribution in [3.05, 3.63) is 44.4 Å². The van der Waals surface area contributed by atoms with Crippen LogP contribution in [0, 0.1) is 6.92 Å². The van der Waals surface area contributed by atoms with Gasteiger partial charge in [0, 0.05) is 6.20 Å². The molecule has 0 bridgehead atoms. The maximum Gasteiger partial charge on any atom is 0.237 e. The van der Waals surface area contributed by atoms with E-state index in [1.807, 2.05) is 0 Å². The first-order chi connectivity index (χ1) is 9.43. The zero-order valence-corrected chi connectivity index (χ0v) is 12.1. The van der Waals surface area contributed by atoms with E-state index < -0.39 is 5.78 Å². The zero-order chi connectivity index (χ0) is 14.9. The Labute approximate surface area is 128 Å². The van der Waals surface area contributed by atoms with Crippen molar-refractivity contribution < 1.29 is 9.59 Å². The van der Waals surface area contributed by atoms with Crippen LogP contribution in [0.2, 0.25) is 15.7 Å². The largest absolute Gasteiger partial charge is 0.287 e. The molecule has 6 nitrogen and oxygen atoms in total. The Hall–Kier alpha value is -1.63. The van der Waals surface area contributed by atoms with Crippen molar-refractivity contribution in [2.24, 2.45) is 0 Å². The SMILES string of the molecule is Cc1nc(Cl)nc(C(=O)c2cnc(Cl)nc2Cl)c1[C]=O. The van der Waals surface area contributed by atoms with Crippen LogP contribution < -0.4 is 0 Å². The van der Waals surface area contributed by atoms with E-state index in [1.54, 1.807) is 6.29 Å². The summed E-state index contributed by atoms with van der Waals surface area (Å²) in [6, 6.07) is 0. The molecule has 0 amide bonds. The van der Waals surface area contributed by atoms with Gasteiger partial charge in [0.2, 0.25) is 22.6 Å². The highest BCUT2D eigenvalue weighted by atomic mass is 35.5. The number of aromatic nitrogens is 4. The summed E-state index contributed by atoms with van der Waals surface area (Å²) in [7, 11) is 0. The lowest BCUT2D eigenvalue weighted by Crippen LogP contribution is -2.13. The Morgan fingerprint density at radius 1 is 1.15 bits per heavy atom. The summed E-state index contributed by atoms with van der Waals surface area (Å²) in [4.78, 5) is 38.1. The average molecular weight is 331 g/mol. The lowest BCUT2D eigenvalue weighted by atomic mass is 10.1. The van der Waals surface area contributed by atoms with Crippen molar-refractivity contribution in [1.29, 1.82) is 0 Å².